The summed E-state index contributed by atoms with van der Waals surface area (Å²) < 4.78 is 5.36. The van der Waals surface area contributed by atoms with Gasteiger partial charge in [-0.25, -0.2) is 0 Å². The van der Waals surface area contributed by atoms with Crippen molar-refractivity contribution >= 4 is 6.29 Å². The second-order valence-electron chi connectivity index (χ2n) is 3.91. The van der Waals surface area contributed by atoms with Crippen LogP contribution in [-0.2, 0) is 9.53 Å². The first-order valence-electron chi connectivity index (χ1n) is 5.28. The molecule has 0 fully saturated rings. The van der Waals surface area contributed by atoms with Crippen molar-refractivity contribution in [2.24, 2.45) is 5.92 Å². The summed E-state index contributed by atoms with van der Waals surface area (Å²) in [6.07, 6.45) is 6.16. The maximum atomic E-state index is 10.4. The molecule has 0 saturated carbocycles. The Morgan fingerprint density at radius 3 is 2.57 bits per heavy atom. The van der Waals surface area contributed by atoms with E-state index in [0.717, 1.165) is 24.7 Å². The highest BCUT2D eigenvalue weighted by atomic mass is 16.5. The van der Waals surface area contributed by atoms with Crippen LogP contribution in [0.4, 0.5) is 0 Å². The van der Waals surface area contributed by atoms with E-state index >= 15 is 0 Å². The van der Waals surface area contributed by atoms with Crippen molar-refractivity contribution in [2.75, 3.05) is 7.11 Å². The van der Waals surface area contributed by atoms with Gasteiger partial charge in [-0.1, -0.05) is 26.3 Å². The molecule has 0 saturated heterocycles. The third-order valence-electron chi connectivity index (χ3n) is 2.58. The first kappa shape index (κ1) is 13.4. The zero-order chi connectivity index (χ0) is 11.0. The molecule has 2 nitrogen and oxygen atoms in total. The number of hydrogen-bond donors (Lipinski definition) is 0. The molecular formula is C12H22O2. The van der Waals surface area contributed by atoms with Gasteiger partial charge < -0.3 is 4.74 Å². The highest BCUT2D eigenvalue weighted by molar-refractivity contribution is 5.71. The number of methoxy groups -OCH3 is 1. The van der Waals surface area contributed by atoms with Crippen LogP contribution in [0.2, 0.25) is 0 Å². The van der Waals surface area contributed by atoms with E-state index in [1.165, 1.54) is 6.42 Å². The summed E-state index contributed by atoms with van der Waals surface area (Å²) >= 11 is 0. The highest BCUT2D eigenvalue weighted by Crippen LogP contribution is 2.15. The molecule has 0 aromatic rings. The van der Waals surface area contributed by atoms with Gasteiger partial charge in [-0.2, -0.15) is 0 Å². The molecule has 14 heavy (non-hydrogen) atoms. The minimum atomic E-state index is 0.250. The minimum Gasteiger partial charge on any atom is -0.381 e. The van der Waals surface area contributed by atoms with E-state index in [9.17, 15) is 4.79 Å². The van der Waals surface area contributed by atoms with Crippen LogP contribution in [0.15, 0.2) is 11.6 Å². The van der Waals surface area contributed by atoms with Crippen LogP contribution in [0, 0.1) is 5.92 Å². The fraction of sp³-hybridized carbons (Fsp3) is 0.750. The van der Waals surface area contributed by atoms with E-state index in [0.29, 0.717) is 5.92 Å². The second-order valence-corrected chi connectivity index (χ2v) is 3.91. The quantitative estimate of drug-likeness (QED) is 0.464. The Kier molecular flexibility index (Phi) is 7.40. The normalized spacial score (nSPS) is 16.4. The molecule has 0 aliphatic carbocycles. The Balaban J connectivity index is 3.96. The lowest BCUT2D eigenvalue weighted by Crippen LogP contribution is -2.13. The molecule has 0 N–H and O–H groups in total. The van der Waals surface area contributed by atoms with Gasteiger partial charge in [0.1, 0.15) is 6.29 Å². The summed E-state index contributed by atoms with van der Waals surface area (Å²) in [4.78, 5) is 10.4. The van der Waals surface area contributed by atoms with Crippen LogP contribution in [-0.4, -0.2) is 19.5 Å². The molecule has 0 aromatic heterocycles. The van der Waals surface area contributed by atoms with E-state index in [-0.39, 0.29) is 6.10 Å². The summed E-state index contributed by atoms with van der Waals surface area (Å²) in [5.41, 5.74) is 0.788. The molecule has 0 amide bonds. The topological polar surface area (TPSA) is 26.3 Å². The van der Waals surface area contributed by atoms with E-state index < -0.39 is 0 Å². The molecule has 0 heterocycles. The average molecular weight is 198 g/mol. The van der Waals surface area contributed by atoms with Gasteiger partial charge >= 0.3 is 0 Å². The zero-order valence-corrected chi connectivity index (χ0v) is 9.75. The molecule has 0 spiro atoms. The van der Waals surface area contributed by atoms with Crippen LogP contribution in [0.25, 0.3) is 0 Å². The van der Waals surface area contributed by atoms with Crippen LogP contribution >= 0.6 is 0 Å². The number of hydrogen-bond acceptors (Lipinski definition) is 2. The van der Waals surface area contributed by atoms with Crippen molar-refractivity contribution in [3.63, 3.8) is 0 Å². The smallest absolute Gasteiger partial charge is 0.145 e. The second kappa shape index (κ2) is 7.74. The average Bonchev–Trinajstić information content (AvgIpc) is 2.22. The van der Waals surface area contributed by atoms with Gasteiger partial charge in [0.25, 0.3) is 0 Å². The fourth-order valence-electron chi connectivity index (χ4n) is 1.27. The first-order chi connectivity index (χ1) is 6.63. The van der Waals surface area contributed by atoms with Crippen molar-refractivity contribution < 1.29 is 9.53 Å². The Labute approximate surface area is 87.3 Å². The number of rotatable bonds is 7. The Bertz CT molecular complexity index is 185. The van der Waals surface area contributed by atoms with Gasteiger partial charge in [0.05, 0.1) is 6.10 Å². The Hall–Kier alpha value is -0.630. The van der Waals surface area contributed by atoms with E-state index in [1.807, 2.05) is 13.0 Å². The van der Waals surface area contributed by atoms with Gasteiger partial charge in [0, 0.05) is 7.11 Å². The number of carbonyl (C=O) groups excluding carboxylic acids is 1. The van der Waals surface area contributed by atoms with Gasteiger partial charge in [0.15, 0.2) is 0 Å². The van der Waals surface area contributed by atoms with E-state index in [4.69, 9.17) is 4.74 Å². The van der Waals surface area contributed by atoms with Crippen molar-refractivity contribution in [3.05, 3.63) is 11.6 Å². The molecule has 82 valence electrons. The van der Waals surface area contributed by atoms with Crippen LogP contribution in [0.5, 0.6) is 0 Å². The summed E-state index contributed by atoms with van der Waals surface area (Å²) in [5.74, 6) is 0.685. The molecule has 2 heteroatoms. The predicted molar refractivity (Wildman–Crippen MR) is 59.3 cm³/mol. The first-order valence-corrected chi connectivity index (χ1v) is 5.28. The zero-order valence-electron chi connectivity index (χ0n) is 9.75. The fourth-order valence-corrected chi connectivity index (χ4v) is 1.27. The monoisotopic (exact) mass is 198 g/mol. The van der Waals surface area contributed by atoms with Gasteiger partial charge in [-0.15, -0.1) is 0 Å². The molecule has 2 atom stereocenters. The molecule has 0 bridgehead atoms. The predicted octanol–water partition coefficient (Wildman–Crippen LogP) is 2.97. The van der Waals surface area contributed by atoms with Crippen molar-refractivity contribution in [3.8, 4) is 0 Å². The van der Waals surface area contributed by atoms with E-state index in [2.05, 4.69) is 13.8 Å². The molecule has 0 aliphatic rings. The Morgan fingerprint density at radius 1 is 1.50 bits per heavy atom. The summed E-state index contributed by atoms with van der Waals surface area (Å²) in [7, 11) is 1.73. The van der Waals surface area contributed by atoms with Crippen molar-refractivity contribution in [1.29, 1.82) is 0 Å². The molecule has 0 aliphatic heterocycles. The third-order valence-corrected chi connectivity index (χ3v) is 2.58. The molecule has 0 rings (SSSR count). The maximum absolute atomic E-state index is 10.4. The van der Waals surface area contributed by atoms with Crippen molar-refractivity contribution in [2.45, 2.75) is 46.1 Å². The van der Waals surface area contributed by atoms with Gasteiger partial charge in [-0.05, 0) is 31.3 Å². The lowest BCUT2D eigenvalue weighted by atomic mass is 9.98. The summed E-state index contributed by atoms with van der Waals surface area (Å²) in [5, 5.41) is 0. The molecule has 2 unspecified atom stereocenters. The van der Waals surface area contributed by atoms with Gasteiger partial charge in [-0.3, -0.25) is 4.79 Å². The van der Waals surface area contributed by atoms with Gasteiger partial charge in [0.2, 0.25) is 0 Å². The van der Waals surface area contributed by atoms with Crippen molar-refractivity contribution in [1.82, 2.24) is 0 Å². The van der Waals surface area contributed by atoms with Crippen LogP contribution in [0.3, 0.4) is 0 Å². The molecule has 0 radical (unpaired) electrons. The number of allylic oxidation sites excluding steroid dienone is 1. The van der Waals surface area contributed by atoms with Crippen LogP contribution < -0.4 is 0 Å². The summed E-state index contributed by atoms with van der Waals surface area (Å²) in [6.45, 7) is 6.23. The molecule has 0 aromatic carbocycles. The largest absolute Gasteiger partial charge is 0.381 e. The Morgan fingerprint density at radius 2 is 2.14 bits per heavy atom. The highest BCUT2D eigenvalue weighted by Gasteiger charge is 2.09. The lowest BCUT2D eigenvalue weighted by molar-refractivity contribution is -0.104. The summed E-state index contributed by atoms with van der Waals surface area (Å²) in [6, 6.07) is 0. The number of ether oxygens (including phenoxy) is 1. The third kappa shape index (κ3) is 5.92. The number of aldehydes is 1. The lowest BCUT2D eigenvalue weighted by Gasteiger charge is -2.17. The maximum Gasteiger partial charge on any atom is 0.145 e. The molecular weight excluding hydrogens is 176 g/mol. The van der Waals surface area contributed by atoms with Crippen LogP contribution in [0.1, 0.15) is 40.0 Å². The SMILES string of the molecule is CCC(C)CC(C/C=C(\C)C=O)OC. The minimum absolute atomic E-state index is 0.250. The van der Waals surface area contributed by atoms with E-state index in [1.54, 1.807) is 7.11 Å². The standard InChI is InChI=1S/C12H22O2/c1-5-10(2)8-12(14-4)7-6-11(3)9-13/h6,9-10,12H,5,7-8H2,1-4H3/b11-6+. The number of carbonyl (C=O) groups is 1.